The van der Waals surface area contributed by atoms with E-state index in [9.17, 15) is 18.0 Å². The number of aromatic nitrogens is 1. The Morgan fingerprint density at radius 1 is 1.11 bits per heavy atom. The molecule has 0 spiro atoms. The first kappa shape index (κ1) is 18.7. The van der Waals surface area contributed by atoms with Gasteiger partial charge in [-0.3, -0.25) is 9.59 Å². The smallest absolute Gasteiger partial charge is 0.254 e. The maximum atomic E-state index is 12.8. The number of amides is 1. The summed E-state index contributed by atoms with van der Waals surface area (Å²) in [4.78, 5) is 29.3. The minimum Gasteiger partial charge on any atom is -0.339 e. The van der Waals surface area contributed by atoms with Crippen LogP contribution >= 0.6 is 0 Å². The molecule has 148 valence electrons. The van der Waals surface area contributed by atoms with Gasteiger partial charge in [0.15, 0.2) is 0 Å². The zero-order valence-electron chi connectivity index (χ0n) is 15.5. The third kappa shape index (κ3) is 4.27. The highest BCUT2D eigenvalue weighted by atomic mass is 32.2. The van der Waals surface area contributed by atoms with E-state index in [-0.39, 0.29) is 17.2 Å². The Morgan fingerprint density at radius 2 is 1.85 bits per heavy atom. The Hall–Kier alpha value is -1.67. The molecule has 3 heterocycles. The molecule has 7 nitrogen and oxygen atoms in total. The van der Waals surface area contributed by atoms with Crippen molar-refractivity contribution in [3.8, 4) is 0 Å². The zero-order chi connectivity index (χ0) is 19.0. The number of hydrogen-bond donors (Lipinski definition) is 1. The van der Waals surface area contributed by atoms with Gasteiger partial charge in [-0.15, -0.1) is 0 Å². The van der Waals surface area contributed by atoms with Gasteiger partial charge in [0, 0.05) is 43.5 Å². The molecule has 1 aliphatic carbocycles. The van der Waals surface area contributed by atoms with Crippen molar-refractivity contribution in [3.05, 3.63) is 33.7 Å². The Balaban J connectivity index is 1.31. The summed E-state index contributed by atoms with van der Waals surface area (Å²) in [6, 6.07) is 3.24. The molecular weight excluding hydrogens is 366 g/mol. The van der Waals surface area contributed by atoms with Crippen LogP contribution in [-0.4, -0.2) is 60.4 Å². The highest BCUT2D eigenvalue weighted by Crippen LogP contribution is 2.38. The number of aromatic amines is 1. The van der Waals surface area contributed by atoms with Crippen LogP contribution in [0.2, 0.25) is 0 Å². The fourth-order valence-corrected chi connectivity index (χ4v) is 5.72. The van der Waals surface area contributed by atoms with Crippen LogP contribution in [0.25, 0.3) is 0 Å². The monoisotopic (exact) mass is 393 g/mol. The maximum absolute atomic E-state index is 12.8. The Labute approximate surface area is 159 Å². The Morgan fingerprint density at radius 3 is 2.48 bits per heavy atom. The van der Waals surface area contributed by atoms with Crippen LogP contribution < -0.4 is 5.56 Å². The molecule has 1 aromatic rings. The van der Waals surface area contributed by atoms with Gasteiger partial charge in [0.05, 0.1) is 5.75 Å². The van der Waals surface area contributed by atoms with Crippen molar-refractivity contribution < 1.29 is 13.2 Å². The zero-order valence-corrected chi connectivity index (χ0v) is 16.3. The van der Waals surface area contributed by atoms with Crippen LogP contribution in [0.15, 0.2) is 16.9 Å². The summed E-state index contributed by atoms with van der Waals surface area (Å²) < 4.78 is 25.4. The van der Waals surface area contributed by atoms with Crippen LogP contribution in [0.1, 0.15) is 60.5 Å². The lowest BCUT2D eigenvalue weighted by Gasteiger charge is -2.32. The van der Waals surface area contributed by atoms with E-state index in [4.69, 9.17) is 0 Å². The van der Waals surface area contributed by atoms with Crippen LogP contribution in [-0.2, 0) is 10.0 Å². The third-order valence-corrected chi connectivity index (χ3v) is 7.98. The largest absolute Gasteiger partial charge is 0.339 e. The van der Waals surface area contributed by atoms with Crippen LogP contribution in [0.3, 0.4) is 0 Å². The SMILES string of the molecule is O=C(c1cc(C2CC2)[nH]c(=O)c1)N1CCC(CCN2CCCS2(=O)=O)CC1. The van der Waals surface area contributed by atoms with Crippen molar-refractivity contribution in [1.82, 2.24) is 14.2 Å². The van der Waals surface area contributed by atoms with E-state index in [1.165, 1.54) is 6.07 Å². The normalized spacial score (nSPS) is 23.6. The third-order valence-electron chi connectivity index (χ3n) is 6.02. The van der Waals surface area contributed by atoms with Crippen molar-refractivity contribution in [1.29, 1.82) is 0 Å². The lowest BCUT2D eigenvalue weighted by molar-refractivity contribution is 0.0684. The predicted molar refractivity (Wildman–Crippen MR) is 102 cm³/mol. The Bertz CT molecular complexity index is 867. The summed E-state index contributed by atoms with van der Waals surface area (Å²) in [7, 11) is -3.02. The first-order valence-corrected chi connectivity index (χ1v) is 11.5. The van der Waals surface area contributed by atoms with Crippen molar-refractivity contribution in [2.75, 3.05) is 31.9 Å². The first-order chi connectivity index (χ1) is 12.9. The minimum absolute atomic E-state index is 0.0661. The highest BCUT2D eigenvalue weighted by molar-refractivity contribution is 7.89. The van der Waals surface area contributed by atoms with Gasteiger partial charge in [-0.2, -0.15) is 0 Å². The number of rotatable bonds is 5. The van der Waals surface area contributed by atoms with Crippen molar-refractivity contribution in [2.24, 2.45) is 5.92 Å². The lowest BCUT2D eigenvalue weighted by Crippen LogP contribution is -2.39. The van der Waals surface area contributed by atoms with E-state index in [1.54, 1.807) is 4.31 Å². The second-order valence-corrected chi connectivity index (χ2v) is 10.1. The molecule has 0 bridgehead atoms. The predicted octanol–water partition coefficient (Wildman–Crippen LogP) is 1.53. The molecule has 27 heavy (non-hydrogen) atoms. The number of carbonyl (C=O) groups excluding carboxylic acids is 1. The number of carbonyl (C=O) groups is 1. The average molecular weight is 394 g/mol. The molecule has 3 aliphatic rings. The molecule has 4 rings (SSSR count). The topological polar surface area (TPSA) is 90.6 Å². The number of pyridine rings is 1. The van der Waals surface area contributed by atoms with E-state index in [0.717, 1.165) is 44.2 Å². The average Bonchev–Trinajstić information content (AvgIpc) is 3.44. The summed E-state index contributed by atoms with van der Waals surface area (Å²) in [6.07, 6.45) is 5.51. The molecule has 2 aliphatic heterocycles. The van der Waals surface area contributed by atoms with E-state index in [1.807, 2.05) is 11.0 Å². The van der Waals surface area contributed by atoms with Gasteiger partial charge >= 0.3 is 0 Å². The lowest BCUT2D eigenvalue weighted by atomic mass is 9.93. The number of piperidine rings is 1. The fourth-order valence-electron chi connectivity index (χ4n) is 4.18. The van der Waals surface area contributed by atoms with Crippen LogP contribution in [0.5, 0.6) is 0 Å². The summed E-state index contributed by atoms with van der Waals surface area (Å²) in [5.41, 5.74) is 1.17. The van der Waals surface area contributed by atoms with Gasteiger partial charge in [-0.05, 0) is 56.4 Å². The van der Waals surface area contributed by atoms with Crippen molar-refractivity contribution in [3.63, 3.8) is 0 Å². The summed E-state index contributed by atoms with van der Waals surface area (Å²) in [5, 5.41) is 0. The molecular formula is C19H27N3O4S. The van der Waals surface area contributed by atoms with E-state index in [2.05, 4.69) is 4.98 Å². The minimum atomic E-state index is -3.02. The van der Waals surface area contributed by atoms with Gasteiger partial charge < -0.3 is 9.88 Å². The van der Waals surface area contributed by atoms with E-state index in [0.29, 0.717) is 43.6 Å². The summed E-state index contributed by atoms with van der Waals surface area (Å²) in [5.74, 6) is 1.06. The van der Waals surface area contributed by atoms with Crippen LogP contribution in [0, 0.1) is 5.92 Å². The van der Waals surface area contributed by atoms with Gasteiger partial charge in [-0.25, -0.2) is 12.7 Å². The molecule has 3 fully saturated rings. The molecule has 1 saturated carbocycles. The molecule has 0 aromatic carbocycles. The second-order valence-electron chi connectivity index (χ2n) is 8.06. The van der Waals surface area contributed by atoms with Gasteiger partial charge in [0.25, 0.3) is 5.91 Å². The first-order valence-electron chi connectivity index (χ1n) is 9.94. The molecule has 1 aromatic heterocycles. The molecule has 2 saturated heterocycles. The fraction of sp³-hybridized carbons (Fsp3) is 0.684. The van der Waals surface area contributed by atoms with E-state index < -0.39 is 10.0 Å². The van der Waals surface area contributed by atoms with Gasteiger partial charge in [0.1, 0.15) is 0 Å². The van der Waals surface area contributed by atoms with Gasteiger partial charge in [0.2, 0.25) is 15.6 Å². The molecule has 8 heteroatoms. The molecule has 0 atom stereocenters. The standard InChI is InChI=1S/C19H27N3O4S/c23-18-13-16(12-17(20-18)15-2-3-15)19(24)21-8-4-14(5-9-21)6-10-22-7-1-11-27(22,25)26/h12-15H,1-11H2,(H,20,23). The van der Waals surface area contributed by atoms with Crippen molar-refractivity contribution >= 4 is 15.9 Å². The number of H-pyrrole nitrogens is 1. The Kier molecular flexibility index (Phi) is 5.11. The molecule has 0 radical (unpaired) electrons. The van der Waals surface area contributed by atoms with Crippen molar-refractivity contribution in [2.45, 2.75) is 44.4 Å². The number of nitrogens with zero attached hydrogens (tertiary/aromatic N) is 2. The number of likely N-dealkylation sites (tertiary alicyclic amines) is 1. The molecule has 1 N–H and O–H groups in total. The number of nitrogens with one attached hydrogen (secondary N) is 1. The summed E-state index contributed by atoms with van der Waals surface area (Å²) >= 11 is 0. The highest BCUT2D eigenvalue weighted by Gasteiger charge is 2.30. The quantitative estimate of drug-likeness (QED) is 0.821. The second kappa shape index (κ2) is 7.39. The van der Waals surface area contributed by atoms with Gasteiger partial charge in [-0.1, -0.05) is 0 Å². The molecule has 0 unspecified atom stereocenters. The number of hydrogen-bond acceptors (Lipinski definition) is 4. The maximum Gasteiger partial charge on any atom is 0.254 e. The molecule has 1 amide bonds. The van der Waals surface area contributed by atoms with E-state index >= 15 is 0 Å². The summed E-state index contributed by atoms with van der Waals surface area (Å²) in [6.45, 7) is 2.58. The number of sulfonamides is 1. The van der Waals surface area contributed by atoms with Crippen LogP contribution in [0.4, 0.5) is 0 Å².